The van der Waals surface area contributed by atoms with E-state index in [1.165, 1.54) is 40.7 Å². The molecule has 0 saturated carbocycles. The van der Waals surface area contributed by atoms with Crippen molar-refractivity contribution >= 4 is 16.0 Å². The maximum atomic E-state index is 12.7. The summed E-state index contributed by atoms with van der Waals surface area (Å²) in [5, 5.41) is 9.06. The maximum Gasteiger partial charge on any atom is 0.343 e. The largest absolute Gasteiger partial charge is 0.422 e. The molecule has 0 unspecified atom stereocenters. The topological polar surface area (TPSA) is 96.7 Å². The molecule has 0 aliphatic carbocycles. The number of benzene rings is 2. The highest BCUT2D eigenvalue weighted by Gasteiger charge is 2.27. The third kappa shape index (κ3) is 3.75. The Morgan fingerprint density at radius 2 is 1.85 bits per heavy atom. The van der Waals surface area contributed by atoms with E-state index in [9.17, 15) is 13.2 Å². The van der Waals surface area contributed by atoms with Crippen molar-refractivity contribution in [2.45, 2.75) is 4.90 Å². The van der Waals surface area contributed by atoms with Gasteiger partial charge in [-0.15, -0.1) is 0 Å². The molecule has 1 heterocycles. The third-order valence-corrected chi connectivity index (χ3v) is 5.78. The molecule has 0 spiro atoms. The molecule has 1 aliphatic rings. The lowest BCUT2D eigenvalue weighted by Crippen LogP contribution is -2.40. The average molecular weight is 372 g/mol. The monoisotopic (exact) mass is 372 g/mol. The van der Waals surface area contributed by atoms with Gasteiger partial charge in [0.1, 0.15) is 11.8 Å². The molecule has 7 nitrogen and oxygen atoms in total. The number of carbonyl (C=O) groups excluding carboxylic acids is 1. The van der Waals surface area contributed by atoms with Crippen molar-refractivity contribution in [1.29, 1.82) is 5.26 Å². The highest BCUT2D eigenvalue weighted by molar-refractivity contribution is 7.89. The highest BCUT2D eigenvalue weighted by atomic mass is 32.2. The van der Waals surface area contributed by atoms with E-state index in [4.69, 9.17) is 14.7 Å². The number of rotatable bonds is 4. The average Bonchev–Trinajstić information content (AvgIpc) is 2.69. The van der Waals surface area contributed by atoms with Gasteiger partial charge in [-0.05, 0) is 30.3 Å². The van der Waals surface area contributed by atoms with Crippen LogP contribution in [-0.4, -0.2) is 45.0 Å². The first-order chi connectivity index (χ1) is 12.5. The number of nitriles is 1. The molecule has 1 saturated heterocycles. The molecule has 0 N–H and O–H groups in total. The summed E-state index contributed by atoms with van der Waals surface area (Å²) in [6, 6.07) is 13.9. The summed E-state index contributed by atoms with van der Waals surface area (Å²) in [6.07, 6.45) is 0. The van der Waals surface area contributed by atoms with E-state index >= 15 is 0 Å². The fraction of sp³-hybridized carbons (Fsp3) is 0.222. The Morgan fingerprint density at radius 3 is 2.58 bits per heavy atom. The van der Waals surface area contributed by atoms with Gasteiger partial charge in [0, 0.05) is 13.1 Å². The summed E-state index contributed by atoms with van der Waals surface area (Å²) >= 11 is 0. The molecular formula is C18H16N2O5S. The van der Waals surface area contributed by atoms with Crippen LogP contribution in [0.15, 0.2) is 53.4 Å². The molecule has 134 valence electrons. The van der Waals surface area contributed by atoms with E-state index in [2.05, 4.69) is 0 Å². The summed E-state index contributed by atoms with van der Waals surface area (Å²) < 4.78 is 37.1. The van der Waals surface area contributed by atoms with Gasteiger partial charge in [-0.1, -0.05) is 18.2 Å². The van der Waals surface area contributed by atoms with Crippen LogP contribution in [0.3, 0.4) is 0 Å². The van der Waals surface area contributed by atoms with Crippen molar-refractivity contribution in [3.05, 3.63) is 59.7 Å². The predicted molar refractivity (Wildman–Crippen MR) is 92.1 cm³/mol. The van der Waals surface area contributed by atoms with Crippen molar-refractivity contribution in [3.63, 3.8) is 0 Å². The Bertz CT molecular complexity index is 960. The lowest BCUT2D eigenvalue weighted by molar-refractivity contribution is 0.0727. The lowest BCUT2D eigenvalue weighted by Gasteiger charge is -2.26. The normalized spacial score (nSPS) is 15.2. The Kier molecular flexibility index (Phi) is 5.32. The first-order valence-electron chi connectivity index (χ1n) is 7.91. The minimum atomic E-state index is -3.71. The second kappa shape index (κ2) is 7.66. The van der Waals surface area contributed by atoms with Crippen LogP contribution in [0.5, 0.6) is 5.75 Å². The third-order valence-electron chi connectivity index (χ3n) is 3.89. The minimum Gasteiger partial charge on any atom is -0.422 e. The minimum absolute atomic E-state index is 0.0161. The van der Waals surface area contributed by atoms with Crippen LogP contribution in [0.1, 0.15) is 15.9 Å². The van der Waals surface area contributed by atoms with Gasteiger partial charge in [-0.3, -0.25) is 0 Å². The molecule has 2 aromatic carbocycles. The van der Waals surface area contributed by atoms with E-state index in [-0.39, 0.29) is 34.9 Å². The fourth-order valence-electron chi connectivity index (χ4n) is 2.53. The zero-order valence-electron chi connectivity index (χ0n) is 13.8. The van der Waals surface area contributed by atoms with Crippen LogP contribution in [-0.2, 0) is 14.8 Å². The van der Waals surface area contributed by atoms with Crippen LogP contribution in [0.2, 0.25) is 0 Å². The highest BCUT2D eigenvalue weighted by Crippen LogP contribution is 2.21. The standard InChI is InChI=1S/C18H16N2O5S/c19-13-15-4-1-2-7-17(15)25-18(21)14-5-3-6-16(12-14)26(22,23)20-8-10-24-11-9-20/h1-7,12H,8-11H2. The molecule has 0 amide bonds. The molecule has 0 atom stereocenters. The van der Waals surface area contributed by atoms with Crippen molar-refractivity contribution in [2.75, 3.05) is 26.3 Å². The van der Waals surface area contributed by atoms with E-state index < -0.39 is 16.0 Å². The Hall–Kier alpha value is -2.73. The Balaban J connectivity index is 1.85. The van der Waals surface area contributed by atoms with Crippen LogP contribution >= 0.6 is 0 Å². The molecule has 0 aromatic heterocycles. The summed E-state index contributed by atoms with van der Waals surface area (Å²) in [7, 11) is -3.71. The van der Waals surface area contributed by atoms with E-state index in [1.807, 2.05) is 6.07 Å². The molecule has 26 heavy (non-hydrogen) atoms. The van der Waals surface area contributed by atoms with Crippen LogP contribution in [0, 0.1) is 11.3 Å². The van der Waals surface area contributed by atoms with Crippen molar-refractivity contribution in [3.8, 4) is 11.8 Å². The van der Waals surface area contributed by atoms with Gasteiger partial charge in [-0.2, -0.15) is 9.57 Å². The number of morpholine rings is 1. The molecular weight excluding hydrogens is 356 g/mol. The summed E-state index contributed by atoms with van der Waals surface area (Å²) in [6.45, 7) is 1.22. The quantitative estimate of drug-likeness (QED) is 0.600. The first-order valence-corrected chi connectivity index (χ1v) is 9.35. The van der Waals surface area contributed by atoms with Gasteiger partial charge in [0.15, 0.2) is 0 Å². The zero-order chi connectivity index (χ0) is 18.6. The molecule has 0 radical (unpaired) electrons. The first kappa shape index (κ1) is 18.1. The fourth-order valence-corrected chi connectivity index (χ4v) is 3.98. The van der Waals surface area contributed by atoms with Gasteiger partial charge in [0.05, 0.1) is 29.2 Å². The van der Waals surface area contributed by atoms with Gasteiger partial charge in [0.2, 0.25) is 10.0 Å². The van der Waals surface area contributed by atoms with Gasteiger partial charge >= 0.3 is 5.97 Å². The second-order valence-corrected chi connectivity index (χ2v) is 7.48. The van der Waals surface area contributed by atoms with E-state index in [0.717, 1.165) is 0 Å². The van der Waals surface area contributed by atoms with E-state index in [0.29, 0.717) is 13.2 Å². The summed E-state index contributed by atoms with van der Waals surface area (Å²) in [5.41, 5.74) is 0.310. The van der Waals surface area contributed by atoms with Crippen molar-refractivity contribution in [1.82, 2.24) is 4.31 Å². The second-order valence-electron chi connectivity index (χ2n) is 5.54. The molecule has 0 bridgehead atoms. The van der Waals surface area contributed by atoms with Gasteiger partial charge < -0.3 is 9.47 Å². The SMILES string of the molecule is N#Cc1ccccc1OC(=O)c1cccc(S(=O)(=O)N2CCOCC2)c1. The summed E-state index contributed by atoms with van der Waals surface area (Å²) in [4.78, 5) is 12.4. The number of para-hydroxylation sites is 1. The Morgan fingerprint density at radius 1 is 1.12 bits per heavy atom. The van der Waals surface area contributed by atoms with Crippen molar-refractivity contribution < 1.29 is 22.7 Å². The van der Waals surface area contributed by atoms with Gasteiger partial charge in [-0.25, -0.2) is 13.2 Å². The number of nitrogens with zero attached hydrogens (tertiary/aromatic N) is 2. The van der Waals surface area contributed by atoms with Crippen LogP contribution in [0.25, 0.3) is 0 Å². The number of sulfonamides is 1. The smallest absolute Gasteiger partial charge is 0.343 e. The van der Waals surface area contributed by atoms with Crippen LogP contribution < -0.4 is 4.74 Å². The molecule has 1 fully saturated rings. The molecule has 8 heteroatoms. The van der Waals surface area contributed by atoms with Gasteiger partial charge in [0.25, 0.3) is 0 Å². The molecule has 3 rings (SSSR count). The number of carbonyl (C=O) groups is 1. The predicted octanol–water partition coefficient (Wildman–Crippen LogP) is 1.80. The number of hydrogen-bond donors (Lipinski definition) is 0. The number of ether oxygens (including phenoxy) is 2. The Labute approximate surface area is 151 Å². The van der Waals surface area contributed by atoms with Crippen molar-refractivity contribution in [2.24, 2.45) is 0 Å². The zero-order valence-corrected chi connectivity index (χ0v) is 14.6. The number of esters is 1. The summed E-state index contributed by atoms with van der Waals surface area (Å²) in [5.74, 6) is -0.604. The molecule has 1 aliphatic heterocycles. The maximum absolute atomic E-state index is 12.7. The molecule has 2 aromatic rings. The van der Waals surface area contributed by atoms with E-state index in [1.54, 1.807) is 12.1 Å². The lowest BCUT2D eigenvalue weighted by atomic mass is 10.2. The van der Waals surface area contributed by atoms with Crippen LogP contribution in [0.4, 0.5) is 0 Å². The number of hydrogen-bond acceptors (Lipinski definition) is 6.